The number of benzene rings is 1. The molecule has 2 aromatic rings. The maximum Gasteiger partial charge on any atom is 0.416 e. The Morgan fingerprint density at radius 1 is 1.19 bits per heavy atom. The highest BCUT2D eigenvalue weighted by molar-refractivity contribution is 9.10. The number of nitrogens with one attached hydrogen (secondary N) is 1. The molecule has 0 fully saturated rings. The van der Waals surface area contributed by atoms with E-state index < -0.39 is 17.8 Å². The van der Waals surface area contributed by atoms with Crippen LogP contribution in [0.1, 0.15) is 22.7 Å². The van der Waals surface area contributed by atoms with Crippen LogP contribution in [0.25, 0.3) is 0 Å². The molecule has 3 nitrogen and oxygen atoms in total. The van der Waals surface area contributed by atoms with Gasteiger partial charge in [-0.05, 0) is 47.9 Å². The van der Waals surface area contributed by atoms with Crippen LogP contribution in [0.5, 0.6) is 0 Å². The molecule has 0 aliphatic carbocycles. The summed E-state index contributed by atoms with van der Waals surface area (Å²) in [6.07, 6.45) is -0.668. The highest BCUT2D eigenvalue weighted by atomic mass is 79.9. The summed E-state index contributed by atoms with van der Waals surface area (Å²) in [6.45, 7) is 0. The van der Waals surface area contributed by atoms with E-state index in [2.05, 4.69) is 26.3 Å². The summed E-state index contributed by atoms with van der Waals surface area (Å²) in [6, 6.07) is 6.68. The number of nitrogens with zero attached hydrogens (tertiary/aromatic N) is 1. The molecule has 0 aliphatic heterocycles. The quantitative estimate of drug-likeness (QED) is 0.647. The van der Waals surface area contributed by atoms with Gasteiger partial charge in [-0.2, -0.15) is 13.2 Å². The Morgan fingerprint density at radius 2 is 1.86 bits per heavy atom. The zero-order valence-electron chi connectivity index (χ0n) is 10.9. The number of nitrogens with two attached hydrogens (primary N) is 1. The van der Waals surface area contributed by atoms with E-state index in [1.807, 2.05) is 0 Å². The van der Waals surface area contributed by atoms with E-state index in [1.54, 1.807) is 24.5 Å². The van der Waals surface area contributed by atoms with E-state index in [4.69, 9.17) is 5.84 Å². The van der Waals surface area contributed by atoms with E-state index in [1.165, 1.54) is 6.07 Å². The smallest absolute Gasteiger partial charge is 0.271 e. The lowest BCUT2D eigenvalue weighted by molar-refractivity contribution is -0.137. The topological polar surface area (TPSA) is 50.9 Å². The Hall–Kier alpha value is -1.44. The minimum absolute atomic E-state index is 0.441. The molecular formula is C14H13BrF3N3. The van der Waals surface area contributed by atoms with Crippen molar-refractivity contribution in [2.24, 2.45) is 5.84 Å². The lowest BCUT2D eigenvalue weighted by Gasteiger charge is -2.19. The molecule has 0 bridgehead atoms. The number of hydrogen-bond acceptors (Lipinski definition) is 3. The van der Waals surface area contributed by atoms with Gasteiger partial charge in [0.1, 0.15) is 0 Å². The van der Waals surface area contributed by atoms with Gasteiger partial charge in [0.2, 0.25) is 0 Å². The SMILES string of the molecule is NNC(Cc1ccncc1)c1cc(C(F)(F)F)ccc1Br. The normalized spacial score (nSPS) is 13.2. The fourth-order valence-corrected chi connectivity index (χ4v) is 2.52. The van der Waals surface area contributed by atoms with Gasteiger partial charge in [0.05, 0.1) is 11.6 Å². The first-order chi connectivity index (χ1) is 9.91. The molecule has 3 N–H and O–H groups in total. The van der Waals surface area contributed by atoms with Crippen LogP contribution in [0, 0.1) is 0 Å². The van der Waals surface area contributed by atoms with Gasteiger partial charge < -0.3 is 0 Å². The summed E-state index contributed by atoms with van der Waals surface area (Å²) >= 11 is 3.28. The van der Waals surface area contributed by atoms with Gasteiger partial charge >= 0.3 is 6.18 Å². The average Bonchev–Trinajstić information content (AvgIpc) is 2.45. The molecule has 0 amide bonds. The Balaban J connectivity index is 2.33. The second kappa shape index (κ2) is 6.55. The molecule has 0 saturated heterocycles. The molecule has 2 rings (SSSR count). The lowest BCUT2D eigenvalue weighted by Crippen LogP contribution is -2.30. The standard InChI is InChI=1S/C14H13BrF3N3/c15-12-2-1-10(14(16,17)18)8-11(12)13(21-19)7-9-3-5-20-6-4-9/h1-6,8,13,21H,7,19H2. The number of halogens is 4. The van der Waals surface area contributed by atoms with Crippen LogP contribution >= 0.6 is 15.9 Å². The van der Waals surface area contributed by atoms with Crippen molar-refractivity contribution in [3.63, 3.8) is 0 Å². The second-order valence-corrected chi connectivity index (χ2v) is 5.37. The molecule has 0 spiro atoms. The number of rotatable bonds is 4. The summed E-state index contributed by atoms with van der Waals surface area (Å²) in [5.41, 5.74) is 3.26. The highest BCUT2D eigenvalue weighted by Gasteiger charge is 2.31. The number of alkyl halides is 3. The zero-order chi connectivity index (χ0) is 15.5. The Labute approximate surface area is 128 Å². The van der Waals surface area contributed by atoms with Gasteiger partial charge in [0.25, 0.3) is 0 Å². The van der Waals surface area contributed by atoms with Gasteiger partial charge in [-0.1, -0.05) is 15.9 Å². The van der Waals surface area contributed by atoms with Crippen molar-refractivity contribution in [2.75, 3.05) is 0 Å². The van der Waals surface area contributed by atoms with E-state index in [0.29, 0.717) is 16.5 Å². The van der Waals surface area contributed by atoms with Crippen molar-refractivity contribution in [1.82, 2.24) is 10.4 Å². The fraction of sp³-hybridized carbons (Fsp3) is 0.214. The monoisotopic (exact) mass is 359 g/mol. The molecule has 1 unspecified atom stereocenters. The molecule has 7 heteroatoms. The van der Waals surface area contributed by atoms with E-state index in [0.717, 1.165) is 17.7 Å². The fourth-order valence-electron chi connectivity index (χ4n) is 2.00. The first-order valence-corrected chi connectivity index (χ1v) is 6.93. The third kappa shape index (κ3) is 4.03. The molecular weight excluding hydrogens is 347 g/mol. The minimum Gasteiger partial charge on any atom is -0.271 e. The van der Waals surface area contributed by atoms with Crippen LogP contribution in [0.3, 0.4) is 0 Å². The minimum atomic E-state index is -4.38. The van der Waals surface area contributed by atoms with Gasteiger partial charge in [0.15, 0.2) is 0 Å². The predicted octanol–water partition coefficient (Wildman–Crippen LogP) is 3.61. The van der Waals surface area contributed by atoms with Gasteiger partial charge in [-0.25, -0.2) is 0 Å². The highest BCUT2D eigenvalue weighted by Crippen LogP contribution is 2.34. The van der Waals surface area contributed by atoms with Crippen molar-refractivity contribution in [3.8, 4) is 0 Å². The zero-order valence-corrected chi connectivity index (χ0v) is 12.4. The number of hydrogen-bond donors (Lipinski definition) is 2. The van der Waals surface area contributed by atoms with Crippen molar-refractivity contribution in [1.29, 1.82) is 0 Å². The van der Waals surface area contributed by atoms with Gasteiger partial charge in [-0.3, -0.25) is 16.3 Å². The molecule has 1 atom stereocenters. The Bertz CT molecular complexity index is 602. The van der Waals surface area contributed by atoms with Gasteiger partial charge in [-0.15, -0.1) is 0 Å². The average molecular weight is 360 g/mol. The van der Waals surface area contributed by atoms with Crippen molar-refractivity contribution in [3.05, 3.63) is 63.9 Å². The molecule has 1 aromatic heterocycles. The van der Waals surface area contributed by atoms with Crippen LogP contribution in [-0.4, -0.2) is 4.98 Å². The van der Waals surface area contributed by atoms with Crippen LogP contribution in [0.15, 0.2) is 47.2 Å². The largest absolute Gasteiger partial charge is 0.416 e. The third-order valence-corrected chi connectivity index (χ3v) is 3.81. The van der Waals surface area contributed by atoms with Crippen LogP contribution in [0.4, 0.5) is 13.2 Å². The third-order valence-electron chi connectivity index (χ3n) is 3.09. The predicted molar refractivity (Wildman–Crippen MR) is 77.1 cm³/mol. The molecule has 112 valence electrons. The molecule has 0 aliphatic rings. The Morgan fingerprint density at radius 3 is 2.43 bits per heavy atom. The number of aromatic nitrogens is 1. The summed E-state index contributed by atoms with van der Waals surface area (Å²) in [5, 5.41) is 0. The second-order valence-electron chi connectivity index (χ2n) is 4.51. The summed E-state index contributed by atoms with van der Waals surface area (Å²) < 4.78 is 39.0. The molecule has 21 heavy (non-hydrogen) atoms. The van der Waals surface area contributed by atoms with Crippen LogP contribution in [-0.2, 0) is 12.6 Å². The van der Waals surface area contributed by atoms with E-state index in [-0.39, 0.29) is 0 Å². The Kier molecular flexibility index (Phi) is 4.97. The maximum absolute atomic E-state index is 12.8. The lowest BCUT2D eigenvalue weighted by atomic mass is 9.98. The van der Waals surface area contributed by atoms with Crippen molar-refractivity contribution >= 4 is 15.9 Å². The molecule has 1 aromatic carbocycles. The van der Waals surface area contributed by atoms with E-state index in [9.17, 15) is 13.2 Å². The summed E-state index contributed by atoms with van der Waals surface area (Å²) in [5.74, 6) is 5.51. The molecule has 1 heterocycles. The van der Waals surface area contributed by atoms with E-state index >= 15 is 0 Å². The van der Waals surface area contributed by atoms with Crippen LogP contribution in [0.2, 0.25) is 0 Å². The van der Waals surface area contributed by atoms with Gasteiger partial charge in [0, 0.05) is 16.9 Å². The maximum atomic E-state index is 12.8. The number of pyridine rings is 1. The summed E-state index contributed by atoms with van der Waals surface area (Å²) in [4.78, 5) is 3.91. The van der Waals surface area contributed by atoms with Crippen LogP contribution < -0.4 is 11.3 Å². The molecule has 0 radical (unpaired) electrons. The first-order valence-electron chi connectivity index (χ1n) is 6.13. The summed E-state index contributed by atoms with van der Waals surface area (Å²) in [7, 11) is 0. The first kappa shape index (κ1) is 15.9. The molecule has 0 saturated carbocycles. The number of hydrazine groups is 1. The van der Waals surface area contributed by atoms with Crippen molar-refractivity contribution in [2.45, 2.75) is 18.6 Å². The van der Waals surface area contributed by atoms with Crippen molar-refractivity contribution < 1.29 is 13.2 Å².